The number of aryl methyl sites for hydroxylation is 1. The Morgan fingerprint density at radius 2 is 1.44 bits per heavy atom. The van der Waals surface area contributed by atoms with Crippen LogP contribution in [-0.2, 0) is 6.42 Å². The molecule has 1 saturated heterocycles. The Balaban J connectivity index is 0.865. The zero-order valence-electron chi connectivity index (χ0n) is 36.2. The molecule has 1 nitrogen and oxygen atoms in total. The number of rotatable bonds is 12. The summed E-state index contributed by atoms with van der Waals surface area (Å²) in [6.07, 6.45) is 31.5. The van der Waals surface area contributed by atoms with Gasteiger partial charge in [-0.3, -0.25) is 4.90 Å². The van der Waals surface area contributed by atoms with E-state index in [1.807, 2.05) is 33.4 Å². The minimum atomic E-state index is -0.125. The summed E-state index contributed by atoms with van der Waals surface area (Å²) in [4.78, 5) is 2.89. The third-order valence-electron chi connectivity index (χ3n) is 21.0. The Morgan fingerprint density at radius 3 is 2.29 bits per heavy atom. The van der Waals surface area contributed by atoms with Crippen molar-refractivity contribution in [1.82, 2.24) is 4.90 Å². The summed E-state index contributed by atoms with van der Waals surface area (Å²) in [5, 5.41) is 6.61. The van der Waals surface area contributed by atoms with E-state index in [2.05, 4.69) is 104 Å². The number of hydrogen-bond acceptors (Lipinski definition) is 1. The largest absolute Gasteiger partial charge is 0.297 e. The molecular formula is C61H53N. The predicted molar refractivity (Wildman–Crippen MR) is 251 cm³/mol. The average molecular weight is 800 g/mol. The molecule has 2 spiro atoms. The second-order valence-electron chi connectivity index (χ2n) is 22.7. The highest BCUT2D eigenvalue weighted by molar-refractivity contribution is 6.24. The number of hydrogen-bond donors (Lipinski definition) is 0. The van der Waals surface area contributed by atoms with Crippen LogP contribution in [0.25, 0.3) is 49.7 Å². The summed E-state index contributed by atoms with van der Waals surface area (Å²) in [5.41, 5.74) is 30.8. The Bertz CT molecular complexity index is 3330. The van der Waals surface area contributed by atoms with Gasteiger partial charge in [-0.1, -0.05) is 155 Å². The SMILES string of the molecule is CCCCCCCCCCCCc1ccc(C2N(C)CC34C5=C6C=CC7C8C6=C3C3C6=C8C8C7C=CC7c9ccc%10c%11c%12c(c6c(c9%11)C78)C3C3=c6c-%12c-%10ccc6=C(C=C5)C324)cc1. The van der Waals surface area contributed by atoms with E-state index >= 15 is 0 Å². The van der Waals surface area contributed by atoms with Gasteiger partial charge in [-0.05, 0) is 153 Å². The lowest BCUT2D eigenvalue weighted by Gasteiger charge is -2.60. The molecule has 18 rings (SSSR count). The van der Waals surface area contributed by atoms with Gasteiger partial charge in [0.15, 0.2) is 0 Å². The van der Waals surface area contributed by atoms with Gasteiger partial charge >= 0.3 is 0 Å². The van der Waals surface area contributed by atoms with Gasteiger partial charge in [0.1, 0.15) is 0 Å². The van der Waals surface area contributed by atoms with Crippen molar-refractivity contribution in [3.05, 3.63) is 157 Å². The fourth-order valence-electron chi connectivity index (χ4n) is 19.7. The van der Waals surface area contributed by atoms with Crippen molar-refractivity contribution in [2.45, 2.75) is 101 Å². The maximum Gasteiger partial charge on any atom is 0.0527 e. The van der Waals surface area contributed by atoms with Crippen LogP contribution >= 0.6 is 0 Å². The number of benzene rings is 4. The minimum absolute atomic E-state index is 0.0516. The van der Waals surface area contributed by atoms with Crippen LogP contribution in [0.15, 0.2) is 113 Å². The van der Waals surface area contributed by atoms with Gasteiger partial charge in [-0.2, -0.15) is 0 Å². The lowest BCUT2D eigenvalue weighted by atomic mass is 9.41. The summed E-state index contributed by atoms with van der Waals surface area (Å²) in [7, 11) is 2.53. The topological polar surface area (TPSA) is 3.24 Å². The first-order valence-corrected chi connectivity index (χ1v) is 25.4. The molecular weight excluding hydrogens is 747 g/mol. The predicted octanol–water partition coefficient (Wildman–Crippen LogP) is 12.4. The normalized spacial score (nSPS) is 36.6. The monoisotopic (exact) mass is 799 g/mol. The van der Waals surface area contributed by atoms with Crippen LogP contribution in [-0.4, -0.2) is 18.5 Å². The number of allylic oxidation sites excluding steroid dienone is 10. The Labute approximate surface area is 365 Å². The molecule has 0 bridgehead atoms. The van der Waals surface area contributed by atoms with Gasteiger partial charge in [0.05, 0.1) is 5.41 Å². The van der Waals surface area contributed by atoms with Crippen molar-refractivity contribution in [1.29, 1.82) is 0 Å². The first-order valence-electron chi connectivity index (χ1n) is 25.4. The third kappa shape index (κ3) is 2.97. The molecule has 1 aliphatic heterocycles. The maximum absolute atomic E-state index is 2.89. The molecule has 3 fully saturated rings. The lowest BCUT2D eigenvalue weighted by Crippen LogP contribution is -2.53. The highest BCUT2D eigenvalue weighted by Gasteiger charge is 2.81. The Hall–Kier alpha value is -4.72. The molecule has 4 aromatic rings. The Kier molecular flexibility index (Phi) is 5.46. The van der Waals surface area contributed by atoms with E-state index in [-0.39, 0.29) is 10.8 Å². The second kappa shape index (κ2) is 10.3. The van der Waals surface area contributed by atoms with Crippen molar-refractivity contribution >= 4 is 27.5 Å². The van der Waals surface area contributed by atoms with Gasteiger partial charge in [-0.15, -0.1) is 0 Å². The van der Waals surface area contributed by atoms with Crippen molar-refractivity contribution in [3.8, 4) is 22.3 Å². The summed E-state index contributed by atoms with van der Waals surface area (Å²) in [6.45, 7) is 3.43. The molecule has 0 aromatic heterocycles. The summed E-state index contributed by atoms with van der Waals surface area (Å²) in [6, 6.07) is 21.0. The zero-order valence-corrected chi connectivity index (χ0v) is 36.2. The molecule has 0 radical (unpaired) electrons. The molecule has 0 N–H and O–H groups in total. The number of likely N-dealkylation sites (tertiary alicyclic amines) is 1. The van der Waals surface area contributed by atoms with E-state index in [0.717, 1.165) is 6.54 Å². The number of nitrogens with zero attached hydrogens (tertiary/aromatic N) is 1. The lowest BCUT2D eigenvalue weighted by molar-refractivity contribution is 0.228. The molecule has 13 aliphatic carbocycles. The summed E-state index contributed by atoms with van der Waals surface area (Å²) < 4.78 is 0. The molecule has 11 unspecified atom stereocenters. The highest BCUT2D eigenvalue weighted by Crippen LogP contribution is 2.89. The van der Waals surface area contributed by atoms with Crippen LogP contribution in [0.3, 0.4) is 0 Å². The van der Waals surface area contributed by atoms with Crippen LogP contribution in [0.1, 0.15) is 128 Å². The first kappa shape index (κ1) is 32.9. The van der Waals surface area contributed by atoms with Crippen molar-refractivity contribution in [2.75, 3.05) is 13.6 Å². The van der Waals surface area contributed by atoms with E-state index in [9.17, 15) is 0 Å². The fraction of sp³-hybridized carbons (Fsp3) is 0.410. The van der Waals surface area contributed by atoms with Crippen LogP contribution in [0.2, 0.25) is 0 Å². The standard InChI is InChI=1S/C61H53N/c1-3-4-5-6-7-8-9-10-11-12-13-29-14-16-30(17-15-29)59-61-40-27-26-39-37-24-22-35-33-20-18-31-32-19-21-34-36-23-25-38(40)48-46(36)51-44(34)42(32)49-41(31)43(33)50-45(35)47(37)57(60(39,61)28-62(59)2)55-53(50)52(49)54(51)56(55)58(48)61/h14-27,31,33,35,41,43,45,55-56,59H,3-13,28H2,1-2H3. The third-order valence-corrected chi connectivity index (χ3v) is 21.0. The van der Waals surface area contributed by atoms with Crippen molar-refractivity contribution in [3.63, 3.8) is 0 Å². The average Bonchev–Trinajstić information content (AvgIpc) is 4.14. The quantitative estimate of drug-likeness (QED) is 0.0897. The van der Waals surface area contributed by atoms with Gasteiger partial charge in [0.2, 0.25) is 0 Å². The fourth-order valence-corrected chi connectivity index (χ4v) is 19.7. The first-order chi connectivity index (χ1) is 30.7. The van der Waals surface area contributed by atoms with E-state index < -0.39 is 0 Å². The summed E-state index contributed by atoms with van der Waals surface area (Å²) in [5.74, 6) is 4.43. The molecule has 1 heterocycles. The van der Waals surface area contributed by atoms with Gasteiger partial charge in [-0.25, -0.2) is 0 Å². The van der Waals surface area contributed by atoms with E-state index in [0.29, 0.717) is 53.4 Å². The molecule has 1 heteroatoms. The van der Waals surface area contributed by atoms with E-state index in [1.165, 1.54) is 81.8 Å². The molecule has 62 heavy (non-hydrogen) atoms. The molecule has 4 aromatic carbocycles. The van der Waals surface area contributed by atoms with E-state index in [4.69, 9.17) is 0 Å². The molecule has 0 amide bonds. The van der Waals surface area contributed by atoms with Crippen LogP contribution in [0.5, 0.6) is 0 Å². The van der Waals surface area contributed by atoms with Gasteiger partial charge < -0.3 is 0 Å². The highest BCUT2D eigenvalue weighted by atomic mass is 15.2. The minimum Gasteiger partial charge on any atom is -0.297 e. The second-order valence-corrected chi connectivity index (χ2v) is 22.7. The van der Waals surface area contributed by atoms with Crippen molar-refractivity contribution < 1.29 is 0 Å². The van der Waals surface area contributed by atoms with Gasteiger partial charge in [0, 0.05) is 47.6 Å². The number of fused-ring (bicyclic) bond motifs is 3. The molecule has 2 saturated carbocycles. The Morgan fingerprint density at radius 1 is 0.629 bits per heavy atom. The van der Waals surface area contributed by atoms with Crippen molar-refractivity contribution in [2.24, 2.45) is 40.4 Å². The number of unbranched alkanes of at least 4 members (excludes halogenated alkanes) is 9. The van der Waals surface area contributed by atoms with Crippen LogP contribution < -0.4 is 10.4 Å². The smallest absolute Gasteiger partial charge is 0.0527 e. The molecule has 14 aliphatic rings. The van der Waals surface area contributed by atoms with Gasteiger partial charge in [0.25, 0.3) is 0 Å². The maximum atomic E-state index is 2.89. The summed E-state index contributed by atoms with van der Waals surface area (Å²) >= 11 is 0. The van der Waals surface area contributed by atoms with E-state index in [1.54, 1.807) is 76.9 Å². The van der Waals surface area contributed by atoms with Crippen LogP contribution in [0.4, 0.5) is 0 Å². The molecule has 302 valence electrons. The van der Waals surface area contributed by atoms with Crippen LogP contribution in [0, 0.1) is 40.4 Å². The molecule has 11 atom stereocenters. The zero-order chi connectivity index (χ0) is 39.9.